The predicted octanol–water partition coefficient (Wildman–Crippen LogP) is 3.81. The average molecular weight is 569 g/mol. The summed E-state index contributed by atoms with van der Waals surface area (Å²) < 4.78 is 7.56. The van der Waals surface area contributed by atoms with Gasteiger partial charge in [-0.1, -0.05) is 30.3 Å². The molecule has 182 valence electrons. The second kappa shape index (κ2) is 12.8. The number of nitrogens with zero attached hydrogens (tertiary/aromatic N) is 4. The van der Waals surface area contributed by atoms with Crippen molar-refractivity contribution in [2.45, 2.75) is 64.8 Å². The van der Waals surface area contributed by atoms with Crippen LogP contribution in [0.25, 0.3) is 0 Å². The molecule has 1 saturated heterocycles. The van der Waals surface area contributed by atoms with Gasteiger partial charge in [-0.3, -0.25) is 4.99 Å². The summed E-state index contributed by atoms with van der Waals surface area (Å²) in [7, 11) is 1.78. The summed E-state index contributed by atoms with van der Waals surface area (Å²) in [4.78, 5) is 23.1. The van der Waals surface area contributed by atoms with Gasteiger partial charge in [0.1, 0.15) is 11.4 Å². The maximum Gasteiger partial charge on any atom is 0.407 e. The Morgan fingerprint density at radius 1 is 1.27 bits per heavy atom. The first-order valence-electron chi connectivity index (χ1n) is 11.3. The number of ether oxygens (including phenoxy) is 1. The Labute approximate surface area is 214 Å². The molecule has 0 unspecified atom stereocenters. The van der Waals surface area contributed by atoms with E-state index in [1.54, 1.807) is 7.05 Å². The minimum absolute atomic E-state index is 0. The van der Waals surface area contributed by atoms with Crippen molar-refractivity contribution in [2.75, 3.05) is 20.1 Å². The van der Waals surface area contributed by atoms with Gasteiger partial charge in [-0.2, -0.15) is 0 Å². The van der Waals surface area contributed by atoms with Gasteiger partial charge in [0.25, 0.3) is 0 Å². The van der Waals surface area contributed by atoms with Crippen LogP contribution in [-0.4, -0.2) is 58.3 Å². The number of aliphatic imine (C=N–C) groups is 1. The fourth-order valence-electron chi connectivity index (χ4n) is 3.84. The summed E-state index contributed by atoms with van der Waals surface area (Å²) in [5.74, 6) is 1.80. The van der Waals surface area contributed by atoms with Crippen LogP contribution in [0.3, 0.4) is 0 Å². The highest BCUT2D eigenvalue weighted by Crippen LogP contribution is 2.12. The molecule has 0 spiro atoms. The molecular formula is C24H37IN6O2. The quantitative estimate of drug-likeness (QED) is 0.302. The first-order valence-corrected chi connectivity index (χ1v) is 11.3. The molecule has 1 aromatic carbocycles. The molecule has 1 atom stereocenters. The monoisotopic (exact) mass is 568 g/mol. The Balaban J connectivity index is 0.00000385. The Hall–Kier alpha value is -2.30. The van der Waals surface area contributed by atoms with Crippen molar-refractivity contribution in [1.29, 1.82) is 0 Å². The number of benzene rings is 1. The van der Waals surface area contributed by atoms with Crippen molar-refractivity contribution in [2.24, 2.45) is 4.99 Å². The average Bonchev–Trinajstić information content (AvgIpc) is 3.38. The van der Waals surface area contributed by atoms with Crippen LogP contribution in [0.15, 0.2) is 47.7 Å². The number of nitrogens with one attached hydrogen (secondary N) is 2. The maximum absolute atomic E-state index is 12.0. The Morgan fingerprint density at radius 2 is 2.03 bits per heavy atom. The number of rotatable bonds is 7. The van der Waals surface area contributed by atoms with E-state index in [1.165, 1.54) is 5.56 Å². The van der Waals surface area contributed by atoms with E-state index in [0.29, 0.717) is 13.1 Å². The minimum Gasteiger partial charge on any atom is -0.444 e. The molecule has 1 aliphatic heterocycles. The van der Waals surface area contributed by atoms with Gasteiger partial charge in [0, 0.05) is 39.1 Å². The van der Waals surface area contributed by atoms with Crippen molar-refractivity contribution in [3.8, 4) is 0 Å². The van der Waals surface area contributed by atoms with E-state index in [4.69, 9.17) is 4.74 Å². The maximum atomic E-state index is 12.0. The van der Waals surface area contributed by atoms with Crippen molar-refractivity contribution in [3.05, 3.63) is 54.1 Å². The SMILES string of the molecule is CN=C(NCc1nccn1CCCc1ccccc1)N1CC[C@@H](NC(=O)OC(C)(C)C)C1.I. The molecule has 1 aromatic heterocycles. The molecule has 33 heavy (non-hydrogen) atoms. The van der Waals surface area contributed by atoms with Crippen LogP contribution < -0.4 is 10.6 Å². The van der Waals surface area contributed by atoms with Crippen LogP contribution >= 0.6 is 24.0 Å². The highest BCUT2D eigenvalue weighted by atomic mass is 127. The number of carbonyl (C=O) groups is 1. The van der Waals surface area contributed by atoms with Crippen molar-refractivity contribution < 1.29 is 9.53 Å². The van der Waals surface area contributed by atoms with E-state index >= 15 is 0 Å². The number of aromatic nitrogens is 2. The number of imidazole rings is 1. The predicted molar refractivity (Wildman–Crippen MR) is 142 cm³/mol. The first-order chi connectivity index (χ1) is 15.3. The number of likely N-dealkylation sites (tertiary alicyclic amines) is 1. The van der Waals surface area contributed by atoms with Gasteiger partial charge in [-0.15, -0.1) is 24.0 Å². The number of guanidine groups is 1. The summed E-state index contributed by atoms with van der Waals surface area (Å²) in [6.07, 6.45) is 6.47. The third kappa shape index (κ3) is 8.87. The molecule has 1 amide bonds. The summed E-state index contributed by atoms with van der Waals surface area (Å²) in [6.45, 7) is 8.65. The molecule has 8 nitrogen and oxygen atoms in total. The van der Waals surface area contributed by atoms with Crippen LogP contribution in [0.2, 0.25) is 0 Å². The van der Waals surface area contributed by atoms with Crippen LogP contribution in [0.4, 0.5) is 4.79 Å². The zero-order valence-corrected chi connectivity index (χ0v) is 22.4. The van der Waals surface area contributed by atoms with E-state index in [2.05, 4.69) is 54.3 Å². The van der Waals surface area contributed by atoms with Gasteiger partial charge in [-0.25, -0.2) is 9.78 Å². The smallest absolute Gasteiger partial charge is 0.407 e. The molecule has 2 heterocycles. The van der Waals surface area contributed by atoms with Crippen LogP contribution in [0.5, 0.6) is 0 Å². The van der Waals surface area contributed by atoms with E-state index in [1.807, 2.05) is 39.2 Å². The van der Waals surface area contributed by atoms with Gasteiger partial charge in [0.05, 0.1) is 12.6 Å². The second-order valence-electron chi connectivity index (χ2n) is 9.10. The van der Waals surface area contributed by atoms with Crippen LogP contribution in [0, 0.1) is 0 Å². The topological polar surface area (TPSA) is 83.8 Å². The summed E-state index contributed by atoms with van der Waals surface area (Å²) >= 11 is 0. The molecule has 1 fully saturated rings. The van der Waals surface area contributed by atoms with Crippen LogP contribution in [-0.2, 0) is 24.2 Å². The van der Waals surface area contributed by atoms with Gasteiger partial charge in [-0.05, 0) is 45.6 Å². The number of aryl methyl sites for hydroxylation is 2. The standard InChI is InChI=1S/C24H36N6O2.HI/c1-24(2,3)32-23(31)28-20-12-15-30(18-20)22(25-4)27-17-21-26-13-16-29(21)14-8-11-19-9-6-5-7-10-19;/h5-7,9-10,13,16,20H,8,11-12,14-15,17-18H2,1-4H3,(H,25,27)(H,28,31);1H/t20-;/m1./s1. The highest BCUT2D eigenvalue weighted by Gasteiger charge is 2.27. The third-order valence-corrected chi connectivity index (χ3v) is 5.33. The number of halogens is 1. The number of amides is 1. The number of hydrogen-bond acceptors (Lipinski definition) is 4. The zero-order chi connectivity index (χ0) is 23.0. The van der Waals surface area contributed by atoms with E-state index < -0.39 is 5.60 Å². The van der Waals surface area contributed by atoms with E-state index in [0.717, 1.165) is 44.1 Å². The fraction of sp³-hybridized carbons (Fsp3) is 0.542. The summed E-state index contributed by atoms with van der Waals surface area (Å²) in [6, 6.07) is 10.6. The first kappa shape index (κ1) is 26.9. The second-order valence-corrected chi connectivity index (χ2v) is 9.10. The van der Waals surface area contributed by atoms with Crippen molar-refractivity contribution >= 4 is 36.0 Å². The molecule has 2 N–H and O–H groups in total. The molecule has 0 bridgehead atoms. The third-order valence-electron chi connectivity index (χ3n) is 5.33. The Morgan fingerprint density at radius 3 is 2.73 bits per heavy atom. The fourth-order valence-corrected chi connectivity index (χ4v) is 3.84. The van der Waals surface area contributed by atoms with Gasteiger partial charge < -0.3 is 24.8 Å². The molecule has 0 radical (unpaired) electrons. The molecule has 9 heteroatoms. The Bertz CT molecular complexity index is 894. The largest absolute Gasteiger partial charge is 0.444 e. The van der Waals surface area contributed by atoms with E-state index in [-0.39, 0.29) is 36.1 Å². The molecular weight excluding hydrogens is 531 g/mol. The van der Waals surface area contributed by atoms with Crippen molar-refractivity contribution in [3.63, 3.8) is 0 Å². The molecule has 0 saturated carbocycles. The lowest BCUT2D eigenvalue weighted by atomic mass is 10.1. The van der Waals surface area contributed by atoms with Gasteiger partial charge in [0.15, 0.2) is 5.96 Å². The molecule has 1 aliphatic rings. The number of carbonyl (C=O) groups excluding carboxylic acids is 1. The summed E-state index contributed by atoms with van der Waals surface area (Å²) in [5.41, 5.74) is 0.861. The van der Waals surface area contributed by atoms with Gasteiger partial charge >= 0.3 is 6.09 Å². The highest BCUT2D eigenvalue weighted by molar-refractivity contribution is 14.0. The van der Waals surface area contributed by atoms with E-state index in [9.17, 15) is 4.79 Å². The van der Waals surface area contributed by atoms with Gasteiger partial charge in [0.2, 0.25) is 0 Å². The summed E-state index contributed by atoms with van der Waals surface area (Å²) in [5, 5.41) is 6.38. The zero-order valence-electron chi connectivity index (χ0n) is 20.1. The minimum atomic E-state index is -0.497. The lowest BCUT2D eigenvalue weighted by Gasteiger charge is -2.23. The molecule has 3 rings (SSSR count). The van der Waals surface area contributed by atoms with Crippen molar-refractivity contribution in [1.82, 2.24) is 25.1 Å². The number of alkyl carbamates (subject to hydrolysis) is 1. The molecule has 0 aliphatic carbocycles. The number of hydrogen-bond donors (Lipinski definition) is 2. The molecule has 2 aromatic rings. The van der Waals surface area contributed by atoms with Crippen LogP contribution in [0.1, 0.15) is 45.0 Å². The lowest BCUT2D eigenvalue weighted by molar-refractivity contribution is 0.0507. The Kier molecular flexibility index (Phi) is 10.5. The lowest BCUT2D eigenvalue weighted by Crippen LogP contribution is -2.44. The normalized spacial score (nSPS) is 16.3.